The molecule has 1 unspecified atom stereocenters. The van der Waals surface area contributed by atoms with Crippen molar-refractivity contribution in [3.8, 4) is 0 Å². The van der Waals surface area contributed by atoms with Crippen LogP contribution in [0.25, 0.3) is 0 Å². The lowest BCUT2D eigenvalue weighted by Crippen LogP contribution is -2.55. The number of nitrogens with two attached hydrogens (primary N) is 1. The van der Waals surface area contributed by atoms with Crippen LogP contribution in [0, 0.1) is 0 Å². The minimum Gasteiger partial charge on any atom is -0.317 e. The zero-order valence-corrected chi connectivity index (χ0v) is 6.99. The first-order valence-electron chi connectivity index (χ1n) is 3.97. The standard InChI is InChI=1S/C7H13F3N2/c1-2-12-4-3-6(11,5-12)7(8,9)10/h2-5,11H2,1H3. The number of halogens is 3. The first-order valence-corrected chi connectivity index (χ1v) is 3.97. The van der Waals surface area contributed by atoms with Crippen molar-refractivity contribution >= 4 is 0 Å². The molecular formula is C7H13F3N2. The van der Waals surface area contributed by atoms with Gasteiger partial charge in [-0.25, -0.2) is 0 Å². The molecule has 2 N–H and O–H groups in total. The maximum Gasteiger partial charge on any atom is 0.407 e. The molecular weight excluding hydrogens is 169 g/mol. The van der Waals surface area contributed by atoms with Crippen LogP contribution in [-0.4, -0.2) is 36.2 Å². The summed E-state index contributed by atoms with van der Waals surface area (Å²) in [5.41, 5.74) is 3.27. The summed E-state index contributed by atoms with van der Waals surface area (Å²) in [7, 11) is 0. The van der Waals surface area contributed by atoms with Gasteiger partial charge in [-0.05, 0) is 13.0 Å². The van der Waals surface area contributed by atoms with Gasteiger partial charge in [-0.15, -0.1) is 0 Å². The Balaban J connectivity index is 2.64. The van der Waals surface area contributed by atoms with Gasteiger partial charge in [0.2, 0.25) is 0 Å². The Morgan fingerprint density at radius 3 is 2.33 bits per heavy atom. The Morgan fingerprint density at radius 2 is 2.08 bits per heavy atom. The molecule has 72 valence electrons. The van der Waals surface area contributed by atoms with E-state index in [1.807, 2.05) is 6.92 Å². The molecule has 0 bridgehead atoms. The highest BCUT2D eigenvalue weighted by atomic mass is 19.4. The summed E-state index contributed by atoms with van der Waals surface area (Å²) >= 11 is 0. The molecule has 1 saturated heterocycles. The lowest BCUT2D eigenvalue weighted by Gasteiger charge is -2.26. The largest absolute Gasteiger partial charge is 0.407 e. The van der Waals surface area contributed by atoms with Crippen LogP contribution in [-0.2, 0) is 0 Å². The Bertz CT molecular complexity index is 169. The Morgan fingerprint density at radius 1 is 1.50 bits per heavy atom. The maximum atomic E-state index is 12.3. The molecule has 1 heterocycles. The Labute approximate surface area is 69.5 Å². The van der Waals surface area contributed by atoms with Crippen LogP contribution in [0.2, 0.25) is 0 Å². The van der Waals surface area contributed by atoms with Crippen LogP contribution < -0.4 is 5.73 Å². The van der Waals surface area contributed by atoms with E-state index in [0.717, 1.165) is 0 Å². The van der Waals surface area contributed by atoms with Gasteiger partial charge in [-0.1, -0.05) is 6.92 Å². The predicted octanol–water partition coefficient (Wildman–Crippen LogP) is 0.972. The summed E-state index contributed by atoms with van der Waals surface area (Å²) in [4.78, 5) is 1.72. The first kappa shape index (κ1) is 9.80. The lowest BCUT2D eigenvalue weighted by molar-refractivity contribution is -0.181. The SMILES string of the molecule is CCN1CCC(N)(C(F)(F)F)C1. The van der Waals surface area contributed by atoms with Gasteiger partial charge in [0.15, 0.2) is 0 Å². The number of alkyl halides is 3. The number of rotatable bonds is 1. The van der Waals surface area contributed by atoms with Gasteiger partial charge in [0, 0.05) is 13.1 Å². The fourth-order valence-corrected chi connectivity index (χ4v) is 1.42. The van der Waals surface area contributed by atoms with Crippen molar-refractivity contribution in [1.29, 1.82) is 0 Å². The molecule has 2 nitrogen and oxygen atoms in total. The summed E-state index contributed by atoms with van der Waals surface area (Å²) in [6, 6.07) is 0. The van der Waals surface area contributed by atoms with Gasteiger partial charge < -0.3 is 10.6 Å². The van der Waals surface area contributed by atoms with Crippen molar-refractivity contribution in [1.82, 2.24) is 4.90 Å². The average Bonchev–Trinajstić information content (AvgIpc) is 2.31. The maximum absolute atomic E-state index is 12.3. The van der Waals surface area contributed by atoms with Crippen LogP contribution in [0.1, 0.15) is 13.3 Å². The van der Waals surface area contributed by atoms with Crippen molar-refractivity contribution in [2.24, 2.45) is 5.73 Å². The highest BCUT2D eigenvalue weighted by Gasteiger charge is 2.54. The summed E-state index contributed by atoms with van der Waals surface area (Å²) in [5, 5.41) is 0. The van der Waals surface area contributed by atoms with E-state index in [2.05, 4.69) is 0 Å². The normalized spacial score (nSPS) is 32.8. The molecule has 0 aromatic rings. The van der Waals surface area contributed by atoms with Crippen molar-refractivity contribution in [3.63, 3.8) is 0 Å². The van der Waals surface area contributed by atoms with E-state index >= 15 is 0 Å². The molecule has 12 heavy (non-hydrogen) atoms. The van der Waals surface area contributed by atoms with Crippen LogP contribution in [0.15, 0.2) is 0 Å². The molecule has 0 aliphatic carbocycles. The number of likely N-dealkylation sites (tertiary alicyclic amines) is 1. The van der Waals surface area contributed by atoms with Crippen molar-refractivity contribution in [3.05, 3.63) is 0 Å². The third-order valence-electron chi connectivity index (χ3n) is 2.39. The summed E-state index contributed by atoms with van der Waals surface area (Å²) in [6.45, 7) is 2.86. The van der Waals surface area contributed by atoms with Crippen molar-refractivity contribution in [2.75, 3.05) is 19.6 Å². The van der Waals surface area contributed by atoms with E-state index in [1.165, 1.54) is 0 Å². The second-order valence-corrected chi connectivity index (χ2v) is 3.27. The molecule has 0 aromatic heterocycles. The minimum absolute atomic E-state index is 0.0182. The van der Waals surface area contributed by atoms with Gasteiger partial charge in [0.1, 0.15) is 5.54 Å². The summed E-state index contributed by atoms with van der Waals surface area (Å²) in [6.07, 6.45) is -4.25. The second kappa shape index (κ2) is 2.88. The van der Waals surface area contributed by atoms with E-state index in [1.54, 1.807) is 4.90 Å². The van der Waals surface area contributed by atoms with Crippen LogP contribution in [0.3, 0.4) is 0 Å². The first-order chi connectivity index (χ1) is 5.39. The van der Waals surface area contributed by atoms with Crippen LogP contribution in [0.4, 0.5) is 13.2 Å². The van der Waals surface area contributed by atoms with Gasteiger partial charge in [0.05, 0.1) is 0 Å². The lowest BCUT2D eigenvalue weighted by atomic mass is 10.00. The fraction of sp³-hybridized carbons (Fsp3) is 1.00. The van der Waals surface area contributed by atoms with E-state index < -0.39 is 11.7 Å². The smallest absolute Gasteiger partial charge is 0.317 e. The Kier molecular flexibility index (Phi) is 2.35. The second-order valence-electron chi connectivity index (χ2n) is 3.27. The van der Waals surface area contributed by atoms with Gasteiger partial charge in [0.25, 0.3) is 0 Å². The molecule has 5 heteroatoms. The Hall–Kier alpha value is -0.290. The van der Waals surface area contributed by atoms with Gasteiger partial charge in [-0.3, -0.25) is 0 Å². The van der Waals surface area contributed by atoms with Crippen LogP contribution in [0.5, 0.6) is 0 Å². The van der Waals surface area contributed by atoms with Crippen LogP contribution >= 0.6 is 0 Å². The van der Waals surface area contributed by atoms with E-state index in [4.69, 9.17) is 5.73 Å². The number of hydrogen-bond donors (Lipinski definition) is 1. The quantitative estimate of drug-likeness (QED) is 0.654. The van der Waals surface area contributed by atoms with E-state index in [0.29, 0.717) is 13.1 Å². The highest BCUT2D eigenvalue weighted by molar-refractivity contribution is 4.99. The van der Waals surface area contributed by atoms with Crippen molar-refractivity contribution in [2.45, 2.75) is 25.1 Å². The molecule has 0 amide bonds. The molecule has 1 aliphatic rings. The molecule has 1 atom stereocenters. The molecule has 0 aromatic carbocycles. The number of likely N-dealkylation sites (N-methyl/N-ethyl adjacent to an activating group) is 1. The number of hydrogen-bond acceptors (Lipinski definition) is 2. The summed E-state index contributed by atoms with van der Waals surface area (Å²) in [5.74, 6) is 0. The monoisotopic (exact) mass is 182 g/mol. The molecule has 1 fully saturated rings. The molecule has 1 rings (SSSR count). The van der Waals surface area contributed by atoms with Crippen molar-refractivity contribution < 1.29 is 13.2 Å². The predicted molar refractivity (Wildman–Crippen MR) is 39.7 cm³/mol. The fourth-order valence-electron chi connectivity index (χ4n) is 1.42. The zero-order chi connectivity index (χ0) is 9.41. The average molecular weight is 182 g/mol. The van der Waals surface area contributed by atoms with E-state index in [9.17, 15) is 13.2 Å². The molecule has 1 aliphatic heterocycles. The molecule has 0 saturated carbocycles. The molecule has 0 radical (unpaired) electrons. The summed E-state index contributed by atoms with van der Waals surface area (Å²) < 4.78 is 36.9. The molecule has 0 spiro atoms. The van der Waals surface area contributed by atoms with Gasteiger partial charge in [-0.2, -0.15) is 13.2 Å². The third kappa shape index (κ3) is 1.56. The topological polar surface area (TPSA) is 29.3 Å². The number of nitrogens with zero attached hydrogens (tertiary/aromatic N) is 1. The van der Waals surface area contributed by atoms with Gasteiger partial charge >= 0.3 is 6.18 Å². The zero-order valence-electron chi connectivity index (χ0n) is 6.99. The third-order valence-corrected chi connectivity index (χ3v) is 2.39. The minimum atomic E-state index is -4.27. The van der Waals surface area contributed by atoms with E-state index in [-0.39, 0.29) is 13.0 Å². The highest BCUT2D eigenvalue weighted by Crippen LogP contribution is 2.35.